The van der Waals surface area contributed by atoms with Crippen molar-refractivity contribution in [1.29, 1.82) is 0 Å². The quantitative estimate of drug-likeness (QED) is 0.791. The highest BCUT2D eigenvalue weighted by molar-refractivity contribution is 7.99. The van der Waals surface area contributed by atoms with Crippen molar-refractivity contribution in [3.05, 3.63) is 29.3 Å². The number of thioether (sulfide) groups is 1. The number of nitrogens with one attached hydrogen (secondary N) is 1. The van der Waals surface area contributed by atoms with Crippen LogP contribution in [0.15, 0.2) is 23.1 Å². The maximum Gasteiger partial charge on any atom is 0.324 e. The van der Waals surface area contributed by atoms with Gasteiger partial charge in [0.25, 0.3) is 0 Å². The molecule has 1 atom stereocenters. The van der Waals surface area contributed by atoms with Crippen molar-refractivity contribution in [3.8, 4) is 0 Å². The molecule has 0 bridgehead atoms. The number of aryl methyl sites for hydroxylation is 2. The first-order valence-corrected chi connectivity index (χ1v) is 8.31. The summed E-state index contributed by atoms with van der Waals surface area (Å²) < 4.78 is 0. The van der Waals surface area contributed by atoms with Gasteiger partial charge in [0.1, 0.15) is 5.54 Å². The second-order valence-electron chi connectivity index (χ2n) is 6.13. The van der Waals surface area contributed by atoms with Crippen LogP contribution in [0.5, 0.6) is 0 Å². The zero-order chi connectivity index (χ0) is 14.2. The largest absolute Gasteiger partial charge is 0.480 e. The molecular formula is C16H21NO2S. The lowest BCUT2D eigenvalue weighted by atomic mass is 10.1. The molecule has 4 heteroatoms. The Morgan fingerprint density at radius 3 is 2.85 bits per heavy atom. The summed E-state index contributed by atoms with van der Waals surface area (Å²) in [6.45, 7) is 1.80. The van der Waals surface area contributed by atoms with Crippen molar-refractivity contribution in [1.82, 2.24) is 5.32 Å². The van der Waals surface area contributed by atoms with E-state index in [1.165, 1.54) is 35.3 Å². The van der Waals surface area contributed by atoms with Gasteiger partial charge in [-0.3, -0.25) is 10.1 Å². The molecule has 1 aromatic carbocycles. The molecule has 0 aliphatic heterocycles. The second-order valence-corrected chi connectivity index (χ2v) is 7.18. The van der Waals surface area contributed by atoms with E-state index in [1.807, 2.05) is 0 Å². The van der Waals surface area contributed by atoms with Crippen LogP contribution in [0.3, 0.4) is 0 Å². The zero-order valence-corrected chi connectivity index (χ0v) is 12.6. The Balaban J connectivity index is 1.66. The molecule has 1 unspecified atom stereocenters. The van der Waals surface area contributed by atoms with Crippen LogP contribution in [0.4, 0.5) is 0 Å². The fraction of sp³-hybridized carbons (Fsp3) is 0.562. The summed E-state index contributed by atoms with van der Waals surface area (Å²) in [7, 11) is 0. The summed E-state index contributed by atoms with van der Waals surface area (Å²) in [5.41, 5.74) is 2.08. The first-order chi connectivity index (χ1) is 9.57. The molecule has 0 aromatic heterocycles. The standard InChI is InChI=1S/C16H21NO2S/c1-16(15(18)19,17-13-6-7-13)10-20-14-8-5-11-3-2-4-12(11)9-14/h5,8-9,13,17H,2-4,6-7,10H2,1H3,(H,18,19). The second kappa shape index (κ2) is 5.41. The lowest BCUT2D eigenvalue weighted by Gasteiger charge is -2.26. The minimum absolute atomic E-state index is 0.400. The molecule has 1 saturated carbocycles. The predicted octanol–water partition coefficient (Wildman–Crippen LogP) is 2.86. The number of hydrogen-bond donors (Lipinski definition) is 2. The SMILES string of the molecule is CC(CSc1ccc2c(c1)CCC2)(NC1CC1)C(=O)O. The molecule has 0 radical (unpaired) electrons. The van der Waals surface area contributed by atoms with E-state index in [4.69, 9.17) is 0 Å². The highest BCUT2D eigenvalue weighted by atomic mass is 32.2. The van der Waals surface area contributed by atoms with Gasteiger partial charge in [0.05, 0.1) is 0 Å². The summed E-state index contributed by atoms with van der Waals surface area (Å²) >= 11 is 1.65. The third-order valence-corrected chi connectivity index (χ3v) is 5.48. The van der Waals surface area contributed by atoms with Gasteiger partial charge >= 0.3 is 5.97 Å². The fourth-order valence-corrected chi connectivity index (χ4v) is 3.76. The molecule has 0 heterocycles. The third kappa shape index (κ3) is 3.01. The molecule has 0 spiro atoms. The molecule has 3 nitrogen and oxygen atoms in total. The van der Waals surface area contributed by atoms with E-state index in [1.54, 1.807) is 18.7 Å². The molecule has 0 saturated heterocycles. The molecule has 20 heavy (non-hydrogen) atoms. The van der Waals surface area contributed by atoms with Gasteiger partial charge in [-0.1, -0.05) is 6.07 Å². The summed E-state index contributed by atoms with van der Waals surface area (Å²) in [6, 6.07) is 6.98. The van der Waals surface area contributed by atoms with Gasteiger partial charge in [0.15, 0.2) is 0 Å². The topological polar surface area (TPSA) is 49.3 Å². The molecule has 108 valence electrons. The van der Waals surface area contributed by atoms with Crippen molar-refractivity contribution in [2.45, 2.75) is 55.5 Å². The van der Waals surface area contributed by atoms with Crippen LogP contribution >= 0.6 is 11.8 Å². The number of carboxylic acids is 1. The number of benzene rings is 1. The molecule has 2 N–H and O–H groups in total. The van der Waals surface area contributed by atoms with Crippen molar-refractivity contribution in [2.24, 2.45) is 0 Å². The van der Waals surface area contributed by atoms with Crippen LogP contribution in [-0.4, -0.2) is 28.4 Å². The van der Waals surface area contributed by atoms with E-state index in [-0.39, 0.29) is 0 Å². The number of aliphatic carboxylic acids is 1. The van der Waals surface area contributed by atoms with Gasteiger partial charge in [0, 0.05) is 16.7 Å². The van der Waals surface area contributed by atoms with Crippen molar-refractivity contribution < 1.29 is 9.90 Å². The Labute approximate surface area is 124 Å². The van der Waals surface area contributed by atoms with Crippen LogP contribution in [0, 0.1) is 0 Å². The Hall–Kier alpha value is -1.00. The number of rotatable bonds is 6. The average molecular weight is 291 g/mol. The number of fused-ring (bicyclic) bond motifs is 1. The van der Waals surface area contributed by atoms with Crippen molar-refractivity contribution in [3.63, 3.8) is 0 Å². The van der Waals surface area contributed by atoms with E-state index in [0.29, 0.717) is 11.8 Å². The Bertz CT molecular complexity index is 527. The van der Waals surface area contributed by atoms with E-state index in [2.05, 4.69) is 23.5 Å². The van der Waals surface area contributed by atoms with Crippen LogP contribution < -0.4 is 5.32 Å². The van der Waals surface area contributed by atoms with Crippen LogP contribution in [0.25, 0.3) is 0 Å². The lowest BCUT2D eigenvalue weighted by molar-refractivity contribution is -0.143. The Morgan fingerprint density at radius 2 is 2.15 bits per heavy atom. The predicted molar refractivity (Wildman–Crippen MR) is 81.4 cm³/mol. The van der Waals surface area contributed by atoms with E-state index in [0.717, 1.165) is 12.8 Å². The lowest BCUT2D eigenvalue weighted by Crippen LogP contribution is -2.52. The normalized spacial score (nSPS) is 20.4. The van der Waals surface area contributed by atoms with Crippen molar-refractivity contribution in [2.75, 3.05) is 5.75 Å². The van der Waals surface area contributed by atoms with Crippen molar-refractivity contribution >= 4 is 17.7 Å². The monoisotopic (exact) mass is 291 g/mol. The number of hydrogen-bond acceptors (Lipinski definition) is 3. The van der Waals surface area contributed by atoms with Gasteiger partial charge in [-0.05, 0) is 62.3 Å². The first kappa shape index (κ1) is 14.0. The van der Waals surface area contributed by atoms with Gasteiger partial charge in [-0.25, -0.2) is 0 Å². The molecular weight excluding hydrogens is 270 g/mol. The minimum Gasteiger partial charge on any atom is -0.480 e. The van der Waals surface area contributed by atoms with Crippen LogP contribution in [-0.2, 0) is 17.6 Å². The summed E-state index contributed by atoms with van der Waals surface area (Å²) in [5, 5.41) is 12.7. The van der Waals surface area contributed by atoms with E-state index in [9.17, 15) is 9.90 Å². The minimum atomic E-state index is -0.829. The zero-order valence-electron chi connectivity index (χ0n) is 11.8. The van der Waals surface area contributed by atoms with Crippen LogP contribution in [0.2, 0.25) is 0 Å². The molecule has 1 fully saturated rings. The van der Waals surface area contributed by atoms with Gasteiger partial charge in [0.2, 0.25) is 0 Å². The molecule has 0 amide bonds. The van der Waals surface area contributed by atoms with Crippen LogP contribution in [0.1, 0.15) is 37.3 Å². The third-order valence-electron chi connectivity index (χ3n) is 4.17. The molecule has 1 aromatic rings. The average Bonchev–Trinajstić information content (AvgIpc) is 3.10. The number of carbonyl (C=O) groups is 1. The Kier molecular flexibility index (Phi) is 3.78. The van der Waals surface area contributed by atoms with Gasteiger partial charge < -0.3 is 5.11 Å². The van der Waals surface area contributed by atoms with E-state index < -0.39 is 11.5 Å². The number of carboxylic acid groups (broad SMARTS) is 1. The first-order valence-electron chi connectivity index (χ1n) is 7.32. The summed E-state index contributed by atoms with van der Waals surface area (Å²) in [6.07, 6.45) is 5.81. The van der Waals surface area contributed by atoms with Gasteiger partial charge in [-0.2, -0.15) is 0 Å². The smallest absolute Gasteiger partial charge is 0.324 e. The molecule has 3 rings (SSSR count). The highest BCUT2D eigenvalue weighted by Gasteiger charge is 2.38. The fourth-order valence-electron chi connectivity index (χ4n) is 2.71. The Morgan fingerprint density at radius 1 is 1.40 bits per heavy atom. The summed E-state index contributed by atoms with van der Waals surface area (Å²) in [5.74, 6) is -0.185. The maximum atomic E-state index is 11.5. The highest BCUT2D eigenvalue weighted by Crippen LogP contribution is 2.31. The molecule has 2 aliphatic carbocycles. The van der Waals surface area contributed by atoms with E-state index >= 15 is 0 Å². The molecule has 2 aliphatic rings. The summed E-state index contributed by atoms with van der Waals surface area (Å²) in [4.78, 5) is 12.7. The van der Waals surface area contributed by atoms with Gasteiger partial charge in [-0.15, -0.1) is 11.8 Å². The maximum absolute atomic E-state index is 11.5.